The molecule has 0 radical (unpaired) electrons. The molecule has 2 heterocycles. The van der Waals surface area contributed by atoms with Crippen LogP contribution in [0.5, 0.6) is 0 Å². The van der Waals surface area contributed by atoms with Gasteiger partial charge in [-0.1, -0.05) is 0 Å². The van der Waals surface area contributed by atoms with Crippen LogP contribution < -0.4 is 0 Å². The summed E-state index contributed by atoms with van der Waals surface area (Å²) in [4.78, 5) is 4.41. The van der Waals surface area contributed by atoms with E-state index in [-0.39, 0.29) is 0 Å². The molecule has 0 saturated carbocycles. The van der Waals surface area contributed by atoms with Crippen LogP contribution >= 0.6 is 15.9 Å². The molecular formula is C7H9BrN2. The molecule has 0 atom stereocenters. The van der Waals surface area contributed by atoms with Crippen molar-refractivity contribution in [2.45, 2.75) is 26.3 Å². The van der Waals surface area contributed by atoms with Crippen molar-refractivity contribution in [3.8, 4) is 0 Å². The zero-order valence-corrected chi connectivity index (χ0v) is 7.48. The van der Waals surface area contributed by atoms with Crippen molar-refractivity contribution in [2.75, 3.05) is 0 Å². The van der Waals surface area contributed by atoms with Crippen molar-refractivity contribution in [1.82, 2.24) is 9.55 Å². The first-order chi connectivity index (χ1) is 4.79. The molecule has 0 unspecified atom stereocenters. The van der Waals surface area contributed by atoms with Crippen molar-refractivity contribution >= 4 is 15.9 Å². The second-order valence-electron chi connectivity index (χ2n) is 2.66. The zero-order valence-electron chi connectivity index (χ0n) is 5.89. The molecule has 2 rings (SSSR count). The minimum absolute atomic E-state index is 1.12. The summed E-state index contributed by atoms with van der Waals surface area (Å²) in [5, 5.41) is 0. The minimum Gasteiger partial charge on any atom is -0.323 e. The maximum Gasteiger partial charge on any atom is 0.109 e. The van der Waals surface area contributed by atoms with E-state index in [1.54, 1.807) is 0 Å². The van der Waals surface area contributed by atoms with Crippen LogP contribution in [0.4, 0.5) is 0 Å². The predicted molar refractivity (Wildman–Crippen MR) is 43.0 cm³/mol. The molecule has 10 heavy (non-hydrogen) atoms. The van der Waals surface area contributed by atoms with E-state index in [1.165, 1.54) is 16.8 Å². The first-order valence-corrected chi connectivity index (χ1v) is 4.30. The molecule has 0 aromatic carbocycles. The highest BCUT2D eigenvalue weighted by molar-refractivity contribution is 9.10. The monoisotopic (exact) mass is 200 g/mol. The van der Waals surface area contributed by atoms with Gasteiger partial charge in [0, 0.05) is 13.0 Å². The molecule has 0 N–H and O–H groups in total. The van der Waals surface area contributed by atoms with Crippen molar-refractivity contribution in [1.29, 1.82) is 0 Å². The smallest absolute Gasteiger partial charge is 0.109 e. The fourth-order valence-corrected chi connectivity index (χ4v) is 1.89. The van der Waals surface area contributed by atoms with E-state index in [0.29, 0.717) is 0 Å². The lowest BCUT2D eigenvalue weighted by Gasteiger charge is -1.95. The first kappa shape index (κ1) is 6.40. The molecule has 3 heteroatoms. The Kier molecular flexibility index (Phi) is 1.34. The standard InChI is InChI=1S/C7H9BrN2/c1-5-7(8)10-4-2-3-6(10)9-5/h2-4H2,1H3. The normalized spacial score (nSPS) is 15.8. The lowest BCUT2D eigenvalue weighted by atomic mass is 10.4. The van der Waals surface area contributed by atoms with E-state index in [1.807, 2.05) is 6.92 Å². The van der Waals surface area contributed by atoms with Crippen LogP contribution in [0.15, 0.2) is 4.60 Å². The van der Waals surface area contributed by atoms with Gasteiger partial charge in [0.25, 0.3) is 0 Å². The molecule has 1 aliphatic rings. The fraction of sp³-hybridized carbons (Fsp3) is 0.571. The van der Waals surface area contributed by atoms with E-state index >= 15 is 0 Å². The summed E-state index contributed by atoms with van der Waals surface area (Å²) in [6, 6.07) is 0. The van der Waals surface area contributed by atoms with Crippen molar-refractivity contribution in [3.63, 3.8) is 0 Å². The van der Waals surface area contributed by atoms with E-state index < -0.39 is 0 Å². The minimum atomic E-state index is 1.12. The summed E-state index contributed by atoms with van der Waals surface area (Å²) in [7, 11) is 0. The number of rotatable bonds is 0. The molecule has 0 bridgehead atoms. The number of halogens is 1. The van der Waals surface area contributed by atoms with Crippen LogP contribution in [0.1, 0.15) is 17.9 Å². The van der Waals surface area contributed by atoms with Gasteiger partial charge in [-0.25, -0.2) is 4.98 Å². The van der Waals surface area contributed by atoms with E-state index in [2.05, 4.69) is 25.5 Å². The fourth-order valence-electron chi connectivity index (χ4n) is 1.42. The van der Waals surface area contributed by atoms with E-state index in [9.17, 15) is 0 Å². The van der Waals surface area contributed by atoms with Crippen LogP contribution in [-0.2, 0) is 13.0 Å². The zero-order chi connectivity index (χ0) is 7.14. The van der Waals surface area contributed by atoms with Gasteiger partial charge < -0.3 is 4.57 Å². The van der Waals surface area contributed by atoms with E-state index in [0.717, 1.165) is 18.7 Å². The van der Waals surface area contributed by atoms with Crippen LogP contribution in [0.25, 0.3) is 0 Å². The number of imidazole rings is 1. The summed E-state index contributed by atoms with van der Waals surface area (Å²) < 4.78 is 3.41. The molecular weight excluding hydrogens is 192 g/mol. The lowest BCUT2D eigenvalue weighted by molar-refractivity contribution is 0.734. The van der Waals surface area contributed by atoms with Gasteiger partial charge in [-0.05, 0) is 29.3 Å². The number of aryl methyl sites for hydroxylation is 2. The Bertz CT molecular complexity index is 265. The average Bonchev–Trinajstić information content (AvgIpc) is 2.41. The van der Waals surface area contributed by atoms with Gasteiger partial charge in [0.2, 0.25) is 0 Å². The predicted octanol–water partition coefficient (Wildman–Crippen LogP) is 1.90. The van der Waals surface area contributed by atoms with Crippen molar-refractivity contribution in [2.24, 2.45) is 0 Å². The molecule has 0 saturated heterocycles. The van der Waals surface area contributed by atoms with Gasteiger partial charge in [0.05, 0.1) is 5.69 Å². The van der Waals surface area contributed by atoms with Gasteiger partial charge in [0.1, 0.15) is 10.4 Å². The maximum absolute atomic E-state index is 4.41. The number of hydrogen-bond acceptors (Lipinski definition) is 1. The lowest BCUT2D eigenvalue weighted by Crippen LogP contribution is -1.91. The van der Waals surface area contributed by atoms with Gasteiger partial charge in [-0.3, -0.25) is 0 Å². The third kappa shape index (κ3) is 0.732. The second-order valence-corrected chi connectivity index (χ2v) is 3.41. The molecule has 2 nitrogen and oxygen atoms in total. The summed E-state index contributed by atoms with van der Waals surface area (Å²) >= 11 is 3.50. The molecule has 1 aliphatic heterocycles. The third-order valence-electron chi connectivity index (χ3n) is 1.93. The van der Waals surface area contributed by atoms with Crippen molar-refractivity contribution in [3.05, 3.63) is 16.1 Å². The van der Waals surface area contributed by atoms with Gasteiger partial charge in [-0.2, -0.15) is 0 Å². The van der Waals surface area contributed by atoms with Crippen LogP contribution in [0, 0.1) is 6.92 Å². The summed E-state index contributed by atoms with van der Waals surface area (Å²) in [6.07, 6.45) is 2.40. The highest BCUT2D eigenvalue weighted by atomic mass is 79.9. The molecule has 0 spiro atoms. The first-order valence-electron chi connectivity index (χ1n) is 3.50. The Hall–Kier alpha value is -0.310. The van der Waals surface area contributed by atoms with Gasteiger partial charge in [-0.15, -0.1) is 0 Å². The highest BCUT2D eigenvalue weighted by Gasteiger charge is 2.16. The molecule has 0 amide bonds. The Morgan fingerprint density at radius 3 is 3.10 bits per heavy atom. The molecule has 0 fully saturated rings. The molecule has 0 aliphatic carbocycles. The largest absolute Gasteiger partial charge is 0.323 e. The van der Waals surface area contributed by atoms with Gasteiger partial charge in [0.15, 0.2) is 0 Å². The average molecular weight is 201 g/mol. The number of hydrogen-bond donors (Lipinski definition) is 0. The Labute approximate surface area is 68.4 Å². The van der Waals surface area contributed by atoms with Crippen LogP contribution in [0.2, 0.25) is 0 Å². The highest BCUT2D eigenvalue weighted by Crippen LogP contribution is 2.23. The van der Waals surface area contributed by atoms with E-state index in [4.69, 9.17) is 0 Å². The maximum atomic E-state index is 4.41. The summed E-state index contributed by atoms with van der Waals surface area (Å²) in [5.74, 6) is 1.24. The summed E-state index contributed by atoms with van der Waals surface area (Å²) in [6.45, 7) is 3.17. The van der Waals surface area contributed by atoms with Gasteiger partial charge >= 0.3 is 0 Å². The number of nitrogens with zero attached hydrogens (tertiary/aromatic N) is 2. The Morgan fingerprint density at radius 1 is 1.60 bits per heavy atom. The third-order valence-corrected chi connectivity index (χ3v) is 2.93. The van der Waals surface area contributed by atoms with Crippen LogP contribution in [0.3, 0.4) is 0 Å². The SMILES string of the molecule is Cc1nc2n(c1Br)CCC2. The number of fused-ring (bicyclic) bond motifs is 1. The molecule has 54 valence electrons. The Balaban J connectivity index is 2.59. The number of aromatic nitrogens is 2. The Morgan fingerprint density at radius 2 is 2.40 bits per heavy atom. The van der Waals surface area contributed by atoms with Crippen molar-refractivity contribution < 1.29 is 0 Å². The summed E-state index contributed by atoms with van der Waals surface area (Å²) in [5.41, 5.74) is 1.12. The second kappa shape index (κ2) is 2.09. The quantitative estimate of drug-likeness (QED) is 0.626. The topological polar surface area (TPSA) is 17.8 Å². The van der Waals surface area contributed by atoms with Crippen LogP contribution in [-0.4, -0.2) is 9.55 Å². The molecule has 1 aromatic heterocycles. The molecule has 1 aromatic rings.